The fourth-order valence-electron chi connectivity index (χ4n) is 3.74. The van der Waals surface area contributed by atoms with Crippen LogP contribution in [0.3, 0.4) is 0 Å². The maximum absolute atomic E-state index is 13.4. The number of hydrogen-bond acceptors (Lipinski definition) is 6. The van der Waals surface area contributed by atoms with Crippen molar-refractivity contribution in [2.24, 2.45) is 0 Å². The van der Waals surface area contributed by atoms with Crippen LogP contribution in [0.15, 0.2) is 80.1 Å². The number of rotatable bonds is 5. The van der Waals surface area contributed by atoms with Crippen molar-refractivity contribution in [2.45, 2.75) is 19.5 Å². The van der Waals surface area contributed by atoms with Gasteiger partial charge in [0.05, 0.1) is 12.1 Å². The molecule has 3 aromatic heterocycles. The number of nitrogens with zero attached hydrogens (tertiary/aromatic N) is 1. The van der Waals surface area contributed by atoms with Crippen LogP contribution >= 0.6 is 11.3 Å². The molecule has 1 N–H and O–H groups in total. The first-order valence-corrected chi connectivity index (χ1v) is 10.3. The Hall–Kier alpha value is -3.58. The number of aryl methyl sites for hydroxylation is 1. The maximum Gasteiger partial charge on any atom is 0.290 e. The first-order valence-electron chi connectivity index (χ1n) is 9.39. The number of fused-ring (bicyclic) bond motifs is 1. The maximum atomic E-state index is 13.4. The van der Waals surface area contributed by atoms with Crippen LogP contribution in [-0.2, 0) is 11.3 Å². The van der Waals surface area contributed by atoms with Crippen molar-refractivity contribution in [2.75, 3.05) is 0 Å². The van der Waals surface area contributed by atoms with Gasteiger partial charge in [-0.3, -0.25) is 9.59 Å². The van der Waals surface area contributed by atoms with Crippen LogP contribution in [0.4, 0.5) is 0 Å². The average Bonchev–Trinajstić information content (AvgIpc) is 3.51. The SMILES string of the molecule is Cc1ccc(C2C(C(=O)c3cc4ccccc4o3)=C(O)C(=O)N2Cc2cccs2)o1. The lowest BCUT2D eigenvalue weighted by molar-refractivity contribution is -0.130. The summed E-state index contributed by atoms with van der Waals surface area (Å²) >= 11 is 1.50. The number of aliphatic hydroxyl groups is 1. The van der Waals surface area contributed by atoms with Gasteiger partial charge in [-0.2, -0.15) is 0 Å². The predicted molar refractivity (Wildman–Crippen MR) is 111 cm³/mol. The molecule has 1 amide bonds. The van der Waals surface area contributed by atoms with Crippen molar-refractivity contribution in [3.8, 4) is 0 Å². The molecule has 1 aliphatic rings. The van der Waals surface area contributed by atoms with E-state index in [1.165, 1.54) is 16.2 Å². The van der Waals surface area contributed by atoms with E-state index in [9.17, 15) is 14.7 Å². The number of thiophene rings is 1. The average molecular weight is 419 g/mol. The molecule has 0 radical (unpaired) electrons. The standard InChI is InChI=1S/C23H17NO5S/c1-13-8-9-17(28-13)20-19(21(25)18-11-14-5-2-3-7-16(14)29-18)22(26)23(27)24(20)12-15-6-4-10-30-15/h2-11,20,26H,12H2,1H3. The highest BCUT2D eigenvalue weighted by molar-refractivity contribution is 7.09. The van der Waals surface area contributed by atoms with Gasteiger partial charge in [-0.15, -0.1) is 11.3 Å². The summed E-state index contributed by atoms with van der Waals surface area (Å²) in [7, 11) is 0. The number of benzene rings is 1. The van der Waals surface area contributed by atoms with E-state index in [1.54, 1.807) is 31.2 Å². The molecule has 0 bridgehead atoms. The molecule has 30 heavy (non-hydrogen) atoms. The van der Waals surface area contributed by atoms with Gasteiger partial charge in [-0.1, -0.05) is 24.3 Å². The Bertz CT molecular complexity index is 1260. The van der Waals surface area contributed by atoms with Crippen molar-refractivity contribution in [1.82, 2.24) is 4.90 Å². The summed E-state index contributed by atoms with van der Waals surface area (Å²) in [6, 6.07) is 15.3. The summed E-state index contributed by atoms with van der Waals surface area (Å²) in [6.45, 7) is 2.04. The van der Waals surface area contributed by atoms with Crippen LogP contribution in [-0.4, -0.2) is 21.7 Å². The molecular weight excluding hydrogens is 402 g/mol. The minimum Gasteiger partial charge on any atom is -0.503 e. The smallest absolute Gasteiger partial charge is 0.290 e. The first-order chi connectivity index (χ1) is 14.5. The monoisotopic (exact) mass is 419 g/mol. The van der Waals surface area contributed by atoms with Gasteiger partial charge in [-0.25, -0.2) is 0 Å². The predicted octanol–water partition coefficient (Wildman–Crippen LogP) is 5.17. The fraction of sp³-hybridized carbons (Fsp3) is 0.130. The van der Waals surface area contributed by atoms with Crippen LogP contribution in [0.2, 0.25) is 0 Å². The Balaban J connectivity index is 1.60. The van der Waals surface area contributed by atoms with Crippen molar-refractivity contribution < 1.29 is 23.5 Å². The number of hydrogen-bond donors (Lipinski definition) is 1. The van der Waals surface area contributed by atoms with Gasteiger partial charge >= 0.3 is 0 Å². The molecule has 1 aromatic carbocycles. The van der Waals surface area contributed by atoms with Gasteiger partial charge in [0.25, 0.3) is 5.91 Å². The highest BCUT2D eigenvalue weighted by Gasteiger charge is 2.46. The number of Topliss-reactive ketones (excluding diaryl/α,β-unsaturated/α-hetero) is 1. The Morgan fingerprint density at radius 1 is 1.13 bits per heavy atom. The summed E-state index contributed by atoms with van der Waals surface area (Å²) in [5, 5.41) is 13.4. The summed E-state index contributed by atoms with van der Waals surface area (Å²) in [5.74, 6) is -0.587. The minimum absolute atomic E-state index is 0.0371. The van der Waals surface area contributed by atoms with E-state index in [4.69, 9.17) is 8.83 Å². The Kier molecular flexibility index (Phi) is 4.33. The third kappa shape index (κ3) is 2.95. The van der Waals surface area contributed by atoms with E-state index < -0.39 is 23.5 Å². The van der Waals surface area contributed by atoms with Crippen LogP contribution in [0, 0.1) is 6.92 Å². The van der Waals surface area contributed by atoms with Crippen molar-refractivity contribution in [1.29, 1.82) is 0 Å². The summed E-state index contributed by atoms with van der Waals surface area (Å²) in [5.41, 5.74) is 0.524. The van der Waals surface area contributed by atoms with E-state index in [0.717, 1.165) is 10.3 Å². The topological polar surface area (TPSA) is 83.9 Å². The molecule has 0 aliphatic carbocycles. The van der Waals surface area contributed by atoms with Crippen LogP contribution in [0.1, 0.15) is 33.0 Å². The van der Waals surface area contributed by atoms with Crippen molar-refractivity contribution >= 4 is 34.0 Å². The van der Waals surface area contributed by atoms with Gasteiger partial charge in [-0.05, 0) is 42.6 Å². The number of ketones is 1. The zero-order valence-corrected chi connectivity index (χ0v) is 16.8. The van der Waals surface area contributed by atoms with Gasteiger partial charge in [0.2, 0.25) is 5.78 Å². The van der Waals surface area contributed by atoms with Crippen LogP contribution < -0.4 is 0 Å². The second-order valence-corrected chi connectivity index (χ2v) is 8.14. The van der Waals surface area contributed by atoms with Gasteiger partial charge in [0, 0.05) is 10.3 Å². The quantitative estimate of drug-likeness (QED) is 0.451. The lowest BCUT2D eigenvalue weighted by atomic mass is 9.99. The van der Waals surface area contributed by atoms with Gasteiger partial charge in [0.15, 0.2) is 11.5 Å². The summed E-state index contributed by atoms with van der Waals surface area (Å²) in [6.07, 6.45) is 0. The Labute approximate surface area is 175 Å². The zero-order valence-electron chi connectivity index (χ0n) is 16.0. The minimum atomic E-state index is -0.839. The molecule has 6 nitrogen and oxygen atoms in total. The molecule has 1 aliphatic heterocycles. The molecule has 0 spiro atoms. The van der Waals surface area contributed by atoms with Crippen molar-refractivity contribution in [3.05, 3.63) is 93.5 Å². The summed E-state index contributed by atoms with van der Waals surface area (Å²) < 4.78 is 11.5. The van der Waals surface area contributed by atoms with E-state index in [-0.39, 0.29) is 17.9 Å². The largest absolute Gasteiger partial charge is 0.503 e. The normalized spacial score (nSPS) is 16.8. The molecule has 1 atom stereocenters. The molecule has 7 heteroatoms. The molecule has 1 unspecified atom stereocenters. The van der Waals surface area contributed by atoms with Crippen LogP contribution in [0.5, 0.6) is 0 Å². The van der Waals surface area contributed by atoms with Crippen LogP contribution in [0.25, 0.3) is 11.0 Å². The number of para-hydroxylation sites is 1. The molecule has 150 valence electrons. The second-order valence-electron chi connectivity index (χ2n) is 7.10. The van der Waals surface area contributed by atoms with Gasteiger partial charge in [0.1, 0.15) is 23.1 Å². The van der Waals surface area contributed by atoms with Gasteiger partial charge < -0.3 is 18.8 Å². The highest BCUT2D eigenvalue weighted by atomic mass is 32.1. The zero-order chi connectivity index (χ0) is 20.8. The number of aliphatic hydroxyl groups excluding tert-OH is 1. The lowest BCUT2D eigenvalue weighted by Crippen LogP contribution is -2.30. The van der Waals surface area contributed by atoms with E-state index in [2.05, 4.69) is 0 Å². The number of carbonyl (C=O) groups is 2. The number of carbonyl (C=O) groups excluding carboxylic acids is 2. The third-order valence-electron chi connectivity index (χ3n) is 5.13. The Morgan fingerprint density at radius 2 is 1.97 bits per heavy atom. The second kappa shape index (κ2) is 7.03. The molecular formula is C23H17NO5S. The Morgan fingerprint density at radius 3 is 2.67 bits per heavy atom. The van der Waals surface area contributed by atoms with E-state index >= 15 is 0 Å². The third-order valence-corrected chi connectivity index (χ3v) is 6.00. The highest BCUT2D eigenvalue weighted by Crippen LogP contribution is 2.41. The van der Waals surface area contributed by atoms with E-state index in [1.807, 2.05) is 35.7 Å². The molecule has 0 saturated carbocycles. The van der Waals surface area contributed by atoms with Crippen molar-refractivity contribution in [3.63, 3.8) is 0 Å². The van der Waals surface area contributed by atoms with E-state index in [0.29, 0.717) is 17.1 Å². The number of furan rings is 2. The molecule has 5 rings (SSSR count). The first kappa shape index (κ1) is 18.4. The fourth-order valence-corrected chi connectivity index (χ4v) is 4.44. The summed E-state index contributed by atoms with van der Waals surface area (Å²) in [4.78, 5) is 28.7. The molecule has 4 aromatic rings. The molecule has 0 fully saturated rings. The molecule has 0 saturated heterocycles. The number of amides is 1. The molecule has 4 heterocycles. The lowest BCUT2D eigenvalue weighted by Gasteiger charge is -2.24.